The minimum Gasteiger partial charge on any atom is -0.465 e. The molecule has 4 rings (SSSR count). The van der Waals surface area contributed by atoms with E-state index < -0.39 is 6.09 Å². The minimum absolute atomic E-state index is 0.0418. The van der Waals surface area contributed by atoms with Gasteiger partial charge in [0.1, 0.15) is 23.8 Å². The van der Waals surface area contributed by atoms with Gasteiger partial charge in [0.15, 0.2) is 0 Å². The lowest BCUT2D eigenvalue weighted by Crippen LogP contribution is -2.66. The normalized spacial score (nSPS) is 26.6. The van der Waals surface area contributed by atoms with Crippen LogP contribution in [-0.2, 0) is 6.54 Å². The Hall–Kier alpha value is -2.68. The molecule has 9 nitrogen and oxygen atoms in total. The Labute approximate surface area is 168 Å². The molecule has 9 heteroatoms. The number of quaternary nitrogens is 1. The monoisotopic (exact) mass is 402 g/mol. The topological polar surface area (TPSA) is 106 Å². The summed E-state index contributed by atoms with van der Waals surface area (Å²) < 4.78 is 4.16. The van der Waals surface area contributed by atoms with Crippen molar-refractivity contribution in [3.8, 4) is 0 Å². The molecular formula is C20H28N5O4+. The van der Waals surface area contributed by atoms with E-state index in [4.69, 9.17) is 5.11 Å². The number of likely N-dealkylation sites (tertiary alicyclic amines) is 1. The molecule has 1 atom stereocenters. The van der Waals surface area contributed by atoms with Crippen LogP contribution in [-0.4, -0.2) is 61.0 Å². The fourth-order valence-electron chi connectivity index (χ4n) is 5.08. The molecule has 0 aliphatic carbocycles. The summed E-state index contributed by atoms with van der Waals surface area (Å²) >= 11 is 0. The summed E-state index contributed by atoms with van der Waals surface area (Å²) in [6, 6.07) is 3.00. The van der Waals surface area contributed by atoms with Crippen LogP contribution >= 0.6 is 0 Å². The van der Waals surface area contributed by atoms with Crippen molar-refractivity contribution in [3.05, 3.63) is 39.0 Å². The molecule has 1 unspecified atom stereocenters. The number of amides is 1. The predicted molar refractivity (Wildman–Crippen MR) is 108 cm³/mol. The zero-order valence-corrected chi connectivity index (χ0v) is 17.1. The molecule has 0 spiro atoms. The second-order valence-corrected chi connectivity index (χ2v) is 9.28. The number of carboxylic acid groups (broad SMARTS) is 1. The Kier molecular flexibility index (Phi) is 4.53. The zero-order chi connectivity index (χ0) is 21.0. The van der Waals surface area contributed by atoms with E-state index in [1.54, 1.807) is 15.2 Å². The van der Waals surface area contributed by atoms with Gasteiger partial charge >= 0.3 is 6.09 Å². The van der Waals surface area contributed by atoms with Gasteiger partial charge in [0.05, 0.1) is 31.4 Å². The number of hydrogen-bond donors (Lipinski definition) is 2. The van der Waals surface area contributed by atoms with Gasteiger partial charge < -0.3 is 14.9 Å². The van der Waals surface area contributed by atoms with E-state index in [2.05, 4.69) is 31.1 Å². The summed E-state index contributed by atoms with van der Waals surface area (Å²) in [7, 11) is 0. The van der Waals surface area contributed by atoms with E-state index in [0.29, 0.717) is 24.3 Å². The Morgan fingerprint density at radius 3 is 2.55 bits per heavy atom. The average Bonchev–Trinajstić information content (AvgIpc) is 3.02. The first kappa shape index (κ1) is 19.6. The van der Waals surface area contributed by atoms with Gasteiger partial charge in [-0.1, -0.05) is 0 Å². The van der Waals surface area contributed by atoms with Crippen molar-refractivity contribution in [1.82, 2.24) is 19.4 Å². The van der Waals surface area contributed by atoms with Crippen molar-refractivity contribution in [2.75, 3.05) is 19.6 Å². The number of pyridine rings is 1. The fraction of sp³-hybridized carbons (Fsp3) is 0.600. The molecule has 1 fully saturated rings. The van der Waals surface area contributed by atoms with Gasteiger partial charge in [-0.15, -0.1) is 0 Å². The van der Waals surface area contributed by atoms with Crippen LogP contribution in [0.3, 0.4) is 0 Å². The van der Waals surface area contributed by atoms with Gasteiger partial charge in [-0.3, -0.25) is 18.7 Å². The van der Waals surface area contributed by atoms with Gasteiger partial charge in [0.2, 0.25) is 0 Å². The molecule has 2 N–H and O–H groups in total. The molecule has 29 heavy (non-hydrogen) atoms. The molecule has 0 saturated carbocycles. The summed E-state index contributed by atoms with van der Waals surface area (Å²) in [6.07, 6.45) is 1.86. The van der Waals surface area contributed by atoms with E-state index >= 15 is 0 Å². The molecule has 1 amide bonds. The quantitative estimate of drug-likeness (QED) is 0.750. The van der Waals surface area contributed by atoms with Crippen LogP contribution in [0.25, 0.3) is 11.2 Å². The third-order valence-electron chi connectivity index (χ3n) is 6.79. The Balaban J connectivity index is 1.69. The summed E-state index contributed by atoms with van der Waals surface area (Å²) in [6.45, 7) is 9.39. The van der Waals surface area contributed by atoms with Crippen LogP contribution in [0.15, 0.2) is 27.9 Å². The number of nitrogens with zero attached hydrogens (tertiary/aromatic N) is 4. The van der Waals surface area contributed by atoms with Crippen molar-refractivity contribution < 1.29 is 14.4 Å². The molecule has 1 saturated heterocycles. The van der Waals surface area contributed by atoms with Crippen molar-refractivity contribution in [3.63, 3.8) is 0 Å². The number of carbonyl (C=O) groups is 1. The van der Waals surface area contributed by atoms with E-state index in [-0.39, 0.29) is 28.7 Å². The van der Waals surface area contributed by atoms with Crippen LogP contribution in [0.2, 0.25) is 0 Å². The van der Waals surface area contributed by atoms with Crippen LogP contribution in [0, 0.1) is 0 Å². The fourth-order valence-corrected chi connectivity index (χ4v) is 5.08. The smallest absolute Gasteiger partial charge is 0.404 e. The summed E-state index contributed by atoms with van der Waals surface area (Å²) in [5.41, 5.74) is 0.869. The van der Waals surface area contributed by atoms with Crippen LogP contribution in [0.1, 0.15) is 39.7 Å². The predicted octanol–water partition coefficient (Wildman–Crippen LogP) is 1.16. The van der Waals surface area contributed by atoms with Crippen molar-refractivity contribution in [1.29, 1.82) is 0 Å². The SMILES string of the molecule is CC(C)(C)[N+]1(CC2Cn3c(=O)ccc4ncc(=O)n2c43)CCC(NC(=O)O)CC1. The van der Waals surface area contributed by atoms with E-state index in [1.807, 2.05) is 0 Å². The van der Waals surface area contributed by atoms with Gasteiger partial charge in [-0.2, -0.15) is 0 Å². The van der Waals surface area contributed by atoms with E-state index in [9.17, 15) is 14.4 Å². The maximum atomic E-state index is 12.7. The first-order valence-corrected chi connectivity index (χ1v) is 10.1. The third kappa shape index (κ3) is 3.23. The van der Waals surface area contributed by atoms with E-state index in [1.165, 1.54) is 12.3 Å². The number of nitrogens with one attached hydrogen (secondary N) is 1. The molecule has 156 valence electrons. The summed E-state index contributed by atoms with van der Waals surface area (Å²) in [5.74, 6) is 0. The van der Waals surface area contributed by atoms with Gasteiger partial charge in [0.25, 0.3) is 11.1 Å². The highest BCUT2D eigenvalue weighted by molar-refractivity contribution is 5.71. The maximum Gasteiger partial charge on any atom is 0.404 e. The molecule has 2 aliphatic rings. The second kappa shape index (κ2) is 6.69. The minimum atomic E-state index is -0.984. The summed E-state index contributed by atoms with van der Waals surface area (Å²) in [4.78, 5) is 40.3. The summed E-state index contributed by atoms with van der Waals surface area (Å²) in [5, 5.41) is 11.6. The van der Waals surface area contributed by atoms with Crippen LogP contribution in [0.4, 0.5) is 4.79 Å². The lowest BCUT2D eigenvalue weighted by molar-refractivity contribution is -0.976. The largest absolute Gasteiger partial charge is 0.465 e. The molecular weight excluding hydrogens is 374 g/mol. The highest BCUT2D eigenvalue weighted by Gasteiger charge is 2.46. The van der Waals surface area contributed by atoms with E-state index in [0.717, 1.165) is 30.4 Å². The molecule has 2 aromatic heterocycles. The number of hydrogen-bond acceptors (Lipinski definition) is 4. The van der Waals surface area contributed by atoms with Crippen molar-refractivity contribution >= 4 is 17.3 Å². The highest BCUT2D eigenvalue weighted by atomic mass is 16.4. The standard InChI is InChI=1S/C20H27N5O4/c1-20(2,3)25(8-6-13(7-9-25)22-19(28)29)12-14-11-23-16(26)5-4-15-18(23)24(14)17(27)10-21-15/h4-5,10,13-14,22H,6-9,11-12H2,1-3H3/p+1. The molecule has 2 aromatic rings. The Morgan fingerprint density at radius 1 is 1.24 bits per heavy atom. The number of piperidine rings is 1. The number of rotatable bonds is 3. The lowest BCUT2D eigenvalue weighted by Gasteiger charge is -2.53. The first-order chi connectivity index (χ1) is 13.6. The molecule has 2 aliphatic heterocycles. The van der Waals surface area contributed by atoms with Crippen LogP contribution < -0.4 is 16.4 Å². The van der Waals surface area contributed by atoms with Crippen LogP contribution in [0.5, 0.6) is 0 Å². The zero-order valence-electron chi connectivity index (χ0n) is 17.1. The molecule has 0 radical (unpaired) electrons. The highest BCUT2D eigenvalue weighted by Crippen LogP contribution is 2.35. The average molecular weight is 402 g/mol. The number of aromatic nitrogens is 3. The lowest BCUT2D eigenvalue weighted by atomic mass is 9.92. The second-order valence-electron chi connectivity index (χ2n) is 9.28. The van der Waals surface area contributed by atoms with Crippen molar-refractivity contribution in [2.45, 2.75) is 57.8 Å². The van der Waals surface area contributed by atoms with Crippen molar-refractivity contribution in [2.24, 2.45) is 0 Å². The third-order valence-corrected chi connectivity index (χ3v) is 6.79. The Bertz CT molecular complexity index is 1070. The maximum absolute atomic E-state index is 12.7. The molecule has 4 heterocycles. The molecule has 0 aromatic carbocycles. The van der Waals surface area contributed by atoms with Gasteiger partial charge in [0, 0.05) is 24.9 Å². The Morgan fingerprint density at radius 2 is 1.93 bits per heavy atom. The molecule has 0 bridgehead atoms. The first-order valence-electron chi connectivity index (χ1n) is 10.1. The van der Waals surface area contributed by atoms with Gasteiger partial charge in [-0.25, -0.2) is 9.78 Å². The van der Waals surface area contributed by atoms with Gasteiger partial charge in [-0.05, 0) is 26.8 Å².